The highest BCUT2D eigenvalue weighted by molar-refractivity contribution is 9.10. The quantitative estimate of drug-likeness (QED) is 0.853. The van der Waals surface area contributed by atoms with Crippen LogP contribution in [-0.4, -0.2) is 11.2 Å². The number of fused-ring (bicyclic) bond motifs is 1. The first-order valence-corrected chi connectivity index (χ1v) is 7.17. The van der Waals surface area contributed by atoms with Crippen LogP contribution in [0.1, 0.15) is 43.8 Å². The molecule has 1 aliphatic carbocycles. The lowest BCUT2D eigenvalue weighted by molar-refractivity contribution is 0.0355. The zero-order valence-corrected chi connectivity index (χ0v) is 11.3. The van der Waals surface area contributed by atoms with Crippen molar-refractivity contribution in [1.82, 2.24) is 0 Å². The van der Waals surface area contributed by atoms with E-state index in [2.05, 4.69) is 15.9 Å². The van der Waals surface area contributed by atoms with Gasteiger partial charge in [0.1, 0.15) is 11.9 Å². The number of aliphatic hydroxyl groups is 1. The molecular formula is C14H17BrO2. The lowest BCUT2D eigenvalue weighted by atomic mass is 9.90. The molecule has 3 rings (SSSR count). The molecular weight excluding hydrogens is 280 g/mol. The van der Waals surface area contributed by atoms with Gasteiger partial charge in [-0.25, -0.2) is 0 Å². The van der Waals surface area contributed by atoms with Crippen LogP contribution >= 0.6 is 15.9 Å². The van der Waals surface area contributed by atoms with Crippen LogP contribution in [0, 0.1) is 5.92 Å². The second-order valence-corrected chi connectivity index (χ2v) is 6.05. The summed E-state index contributed by atoms with van der Waals surface area (Å²) in [5.41, 5.74) is 0.933. The minimum Gasteiger partial charge on any atom is -0.490 e. The summed E-state index contributed by atoms with van der Waals surface area (Å²) in [5.74, 6) is 1.49. The predicted octanol–water partition coefficient (Wildman–Crippen LogP) is 3.82. The molecule has 2 unspecified atom stereocenters. The lowest BCUT2D eigenvalue weighted by Gasteiger charge is -2.33. The van der Waals surface area contributed by atoms with Crippen LogP contribution in [0.25, 0.3) is 0 Å². The molecule has 0 spiro atoms. The fraction of sp³-hybridized carbons (Fsp3) is 0.571. The van der Waals surface area contributed by atoms with Crippen molar-refractivity contribution < 1.29 is 9.84 Å². The molecule has 1 heterocycles. The van der Waals surface area contributed by atoms with Crippen LogP contribution in [-0.2, 0) is 0 Å². The molecule has 0 amide bonds. The predicted molar refractivity (Wildman–Crippen MR) is 70.1 cm³/mol. The number of rotatable bonds is 1. The largest absolute Gasteiger partial charge is 0.490 e. The van der Waals surface area contributed by atoms with Crippen LogP contribution in [0.3, 0.4) is 0 Å². The minimum absolute atomic E-state index is 0.203. The van der Waals surface area contributed by atoms with Gasteiger partial charge in [-0.15, -0.1) is 0 Å². The molecule has 0 radical (unpaired) electrons. The normalized spacial score (nSPS) is 28.8. The van der Waals surface area contributed by atoms with Gasteiger partial charge in [-0.2, -0.15) is 0 Å². The standard InChI is InChI=1S/C14H17BrO2/c15-10-5-6-11-12(16)8-13(17-14(11)7-10)9-3-1-2-4-9/h5-7,9,12-13,16H,1-4,8H2. The highest BCUT2D eigenvalue weighted by Crippen LogP contribution is 2.41. The molecule has 1 fully saturated rings. The van der Waals surface area contributed by atoms with E-state index in [1.54, 1.807) is 0 Å². The van der Waals surface area contributed by atoms with Crippen molar-refractivity contribution in [2.75, 3.05) is 0 Å². The Labute approximate surface area is 110 Å². The van der Waals surface area contributed by atoms with Gasteiger partial charge in [0.2, 0.25) is 0 Å². The maximum absolute atomic E-state index is 10.2. The maximum atomic E-state index is 10.2. The zero-order valence-electron chi connectivity index (χ0n) is 9.73. The summed E-state index contributed by atoms with van der Waals surface area (Å²) in [7, 11) is 0. The van der Waals surface area contributed by atoms with Gasteiger partial charge < -0.3 is 9.84 Å². The van der Waals surface area contributed by atoms with E-state index in [1.165, 1.54) is 25.7 Å². The lowest BCUT2D eigenvalue weighted by Crippen LogP contribution is -2.31. The average Bonchev–Trinajstić information content (AvgIpc) is 2.81. The van der Waals surface area contributed by atoms with Crippen molar-refractivity contribution in [1.29, 1.82) is 0 Å². The van der Waals surface area contributed by atoms with E-state index in [0.717, 1.165) is 22.2 Å². The summed E-state index contributed by atoms with van der Waals surface area (Å²) in [4.78, 5) is 0. The fourth-order valence-corrected chi connectivity index (χ4v) is 3.40. The van der Waals surface area contributed by atoms with Crippen molar-refractivity contribution in [3.05, 3.63) is 28.2 Å². The zero-order chi connectivity index (χ0) is 11.8. The van der Waals surface area contributed by atoms with Gasteiger partial charge in [0.25, 0.3) is 0 Å². The molecule has 3 heteroatoms. The Morgan fingerprint density at radius 2 is 2.00 bits per heavy atom. The van der Waals surface area contributed by atoms with Crippen LogP contribution in [0.5, 0.6) is 5.75 Å². The molecule has 1 saturated carbocycles. The van der Waals surface area contributed by atoms with Gasteiger partial charge in [0.15, 0.2) is 0 Å². The highest BCUT2D eigenvalue weighted by Gasteiger charge is 2.33. The Balaban J connectivity index is 1.85. The molecule has 17 heavy (non-hydrogen) atoms. The molecule has 0 saturated heterocycles. The summed E-state index contributed by atoms with van der Waals surface area (Å²) in [6.07, 6.45) is 5.71. The number of halogens is 1. The summed E-state index contributed by atoms with van der Waals surface area (Å²) >= 11 is 3.45. The topological polar surface area (TPSA) is 29.5 Å². The second kappa shape index (κ2) is 4.62. The molecule has 1 aromatic carbocycles. The summed E-state index contributed by atoms with van der Waals surface area (Å²) in [5, 5.41) is 10.2. The third-order valence-corrected chi connectivity index (χ3v) is 4.49. The molecule has 1 N–H and O–H groups in total. The fourth-order valence-electron chi connectivity index (χ4n) is 3.06. The molecule has 1 aliphatic heterocycles. The second-order valence-electron chi connectivity index (χ2n) is 5.13. The van der Waals surface area contributed by atoms with E-state index < -0.39 is 0 Å². The van der Waals surface area contributed by atoms with Gasteiger partial charge in [-0.1, -0.05) is 34.8 Å². The van der Waals surface area contributed by atoms with E-state index in [1.807, 2.05) is 18.2 Å². The number of hydrogen-bond donors (Lipinski definition) is 1. The summed E-state index contributed by atoms with van der Waals surface area (Å²) in [6.45, 7) is 0. The van der Waals surface area contributed by atoms with Gasteiger partial charge in [-0.05, 0) is 30.9 Å². The highest BCUT2D eigenvalue weighted by atomic mass is 79.9. The Bertz CT molecular complexity index is 413. The summed E-state index contributed by atoms with van der Waals surface area (Å²) < 4.78 is 7.09. The third kappa shape index (κ3) is 2.23. The third-order valence-electron chi connectivity index (χ3n) is 3.99. The van der Waals surface area contributed by atoms with Gasteiger partial charge >= 0.3 is 0 Å². The Hall–Kier alpha value is -0.540. The Morgan fingerprint density at radius 3 is 2.76 bits per heavy atom. The van der Waals surface area contributed by atoms with Gasteiger partial charge in [0, 0.05) is 16.5 Å². The van der Waals surface area contributed by atoms with E-state index in [4.69, 9.17) is 4.74 Å². The van der Waals surface area contributed by atoms with E-state index in [-0.39, 0.29) is 12.2 Å². The molecule has 92 valence electrons. The molecule has 1 aromatic rings. The van der Waals surface area contributed by atoms with Gasteiger partial charge in [0.05, 0.1) is 6.10 Å². The maximum Gasteiger partial charge on any atom is 0.126 e. The molecule has 2 atom stereocenters. The first-order valence-electron chi connectivity index (χ1n) is 6.38. The first kappa shape index (κ1) is 11.5. The first-order chi connectivity index (χ1) is 8.24. The van der Waals surface area contributed by atoms with Gasteiger partial charge in [-0.3, -0.25) is 0 Å². The van der Waals surface area contributed by atoms with Crippen molar-refractivity contribution in [2.24, 2.45) is 5.92 Å². The van der Waals surface area contributed by atoms with Crippen molar-refractivity contribution in [3.63, 3.8) is 0 Å². The van der Waals surface area contributed by atoms with E-state index in [0.29, 0.717) is 5.92 Å². The van der Waals surface area contributed by atoms with E-state index >= 15 is 0 Å². The minimum atomic E-state index is -0.363. The number of aliphatic hydroxyl groups excluding tert-OH is 1. The molecule has 2 aliphatic rings. The summed E-state index contributed by atoms with van der Waals surface area (Å²) in [6, 6.07) is 5.88. The number of hydrogen-bond acceptors (Lipinski definition) is 2. The number of benzene rings is 1. The van der Waals surface area contributed by atoms with Crippen LogP contribution in [0.2, 0.25) is 0 Å². The Morgan fingerprint density at radius 1 is 1.24 bits per heavy atom. The molecule has 0 bridgehead atoms. The van der Waals surface area contributed by atoms with Crippen molar-refractivity contribution in [2.45, 2.75) is 44.3 Å². The van der Waals surface area contributed by atoms with Crippen molar-refractivity contribution >= 4 is 15.9 Å². The smallest absolute Gasteiger partial charge is 0.126 e. The van der Waals surface area contributed by atoms with Crippen LogP contribution < -0.4 is 4.74 Å². The monoisotopic (exact) mass is 296 g/mol. The average molecular weight is 297 g/mol. The molecule has 2 nitrogen and oxygen atoms in total. The van der Waals surface area contributed by atoms with Crippen LogP contribution in [0.4, 0.5) is 0 Å². The van der Waals surface area contributed by atoms with E-state index in [9.17, 15) is 5.11 Å². The molecule has 0 aromatic heterocycles. The SMILES string of the molecule is OC1CC(C2CCCC2)Oc2cc(Br)ccc21. The Kier molecular flexibility index (Phi) is 3.14. The van der Waals surface area contributed by atoms with Crippen molar-refractivity contribution in [3.8, 4) is 5.75 Å². The van der Waals surface area contributed by atoms with Crippen LogP contribution in [0.15, 0.2) is 22.7 Å². The number of ether oxygens (including phenoxy) is 1.